The molecule has 0 amide bonds. The normalized spacial score (nSPS) is 11.7. The highest BCUT2D eigenvalue weighted by Crippen LogP contribution is 2.24. The van der Waals surface area contributed by atoms with E-state index >= 15 is 0 Å². The summed E-state index contributed by atoms with van der Waals surface area (Å²) in [6, 6.07) is 11.0. The molecule has 25 heavy (non-hydrogen) atoms. The van der Waals surface area contributed by atoms with E-state index < -0.39 is 0 Å². The van der Waals surface area contributed by atoms with Crippen LogP contribution < -0.4 is 0 Å². The fourth-order valence-electron chi connectivity index (χ4n) is 2.34. The minimum absolute atomic E-state index is 0.465. The predicted molar refractivity (Wildman–Crippen MR) is 99.4 cm³/mol. The highest BCUT2D eigenvalue weighted by Gasteiger charge is 2.14. The molecule has 0 radical (unpaired) electrons. The zero-order chi connectivity index (χ0) is 17.6. The van der Waals surface area contributed by atoms with Crippen molar-refractivity contribution in [1.29, 1.82) is 0 Å². The molecule has 6 nitrogen and oxygen atoms in total. The highest BCUT2D eigenvalue weighted by molar-refractivity contribution is 7.99. The Labute approximate surface area is 154 Å². The lowest BCUT2D eigenvalue weighted by Crippen LogP contribution is -2.06. The maximum atomic E-state index is 9.33. The first kappa shape index (κ1) is 17.4. The Bertz CT molecular complexity index is 865. The second-order valence-electron chi connectivity index (χ2n) is 5.13. The van der Waals surface area contributed by atoms with E-state index in [1.54, 1.807) is 24.5 Å². The third kappa shape index (κ3) is 4.00. The third-order valence-corrected chi connectivity index (χ3v) is 4.84. The van der Waals surface area contributed by atoms with Crippen molar-refractivity contribution in [3.8, 4) is 11.4 Å². The molecule has 0 spiro atoms. The number of thioether (sulfide) groups is 1. The molecule has 0 unspecified atom stereocenters. The van der Waals surface area contributed by atoms with Crippen LogP contribution >= 0.6 is 23.4 Å². The maximum Gasteiger partial charge on any atom is 0.191 e. The monoisotopic (exact) mass is 373 g/mol. The van der Waals surface area contributed by atoms with Crippen LogP contribution in [-0.2, 0) is 6.54 Å². The van der Waals surface area contributed by atoms with Gasteiger partial charge < -0.3 is 9.77 Å². The Morgan fingerprint density at radius 1 is 1.16 bits per heavy atom. The molecule has 0 saturated carbocycles. The highest BCUT2D eigenvalue weighted by atomic mass is 35.5. The van der Waals surface area contributed by atoms with E-state index in [0.29, 0.717) is 16.5 Å². The molecule has 1 N–H and O–H groups in total. The first-order valence-corrected chi connectivity index (χ1v) is 9.02. The van der Waals surface area contributed by atoms with Crippen molar-refractivity contribution in [2.75, 3.05) is 5.75 Å². The molecule has 1 aromatic carbocycles. The molecule has 3 rings (SSSR count). The molecule has 2 aromatic heterocycles. The summed E-state index contributed by atoms with van der Waals surface area (Å²) in [6.07, 6.45) is 3.46. The van der Waals surface area contributed by atoms with Crippen molar-refractivity contribution in [3.63, 3.8) is 0 Å². The van der Waals surface area contributed by atoms with Gasteiger partial charge in [0.05, 0.1) is 5.71 Å². The van der Waals surface area contributed by atoms with Gasteiger partial charge in [0, 0.05) is 40.8 Å². The van der Waals surface area contributed by atoms with Gasteiger partial charge in [0.1, 0.15) is 0 Å². The van der Waals surface area contributed by atoms with Gasteiger partial charge in [-0.2, -0.15) is 0 Å². The summed E-state index contributed by atoms with van der Waals surface area (Å²) in [7, 11) is 0. The smallest absolute Gasteiger partial charge is 0.191 e. The lowest BCUT2D eigenvalue weighted by Gasteiger charge is -2.08. The van der Waals surface area contributed by atoms with Crippen LogP contribution in [0, 0.1) is 0 Å². The van der Waals surface area contributed by atoms with Gasteiger partial charge in [-0.15, -0.1) is 10.2 Å². The summed E-state index contributed by atoms with van der Waals surface area (Å²) in [5, 5.41) is 22.7. The van der Waals surface area contributed by atoms with E-state index in [4.69, 9.17) is 11.6 Å². The first-order valence-electron chi connectivity index (χ1n) is 7.66. The molecule has 8 heteroatoms. The van der Waals surface area contributed by atoms with E-state index in [1.165, 1.54) is 11.8 Å². The van der Waals surface area contributed by atoms with E-state index in [1.807, 2.05) is 35.8 Å². The van der Waals surface area contributed by atoms with Crippen LogP contribution in [-0.4, -0.2) is 36.4 Å². The standard InChI is InChI=1S/C17H16ClN5OS/c1-2-23-16(13-7-9-19-10-8-13)20-21-17(23)25-11-15(22-24)12-3-5-14(18)6-4-12/h3-10,24H,2,11H2,1H3/b22-15-. The molecule has 0 bridgehead atoms. The summed E-state index contributed by atoms with van der Waals surface area (Å²) in [4.78, 5) is 4.03. The second kappa shape index (κ2) is 8.13. The van der Waals surface area contributed by atoms with Crippen molar-refractivity contribution in [2.24, 2.45) is 5.16 Å². The minimum Gasteiger partial charge on any atom is -0.411 e. The number of nitrogens with zero attached hydrogens (tertiary/aromatic N) is 5. The van der Waals surface area contributed by atoms with E-state index in [9.17, 15) is 5.21 Å². The Hall–Kier alpha value is -2.38. The fraction of sp³-hybridized carbons (Fsp3) is 0.176. The van der Waals surface area contributed by atoms with Gasteiger partial charge >= 0.3 is 0 Å². The summed E-state index contributed by atoms with van der Waals surface area (Å²) in [5.41, 5.74) is 2.33. The Morgan fingerprint density at radius 2 is 1.88 bits per heavy atom. The van der Waals surface area contributed by atoms with Crippen LogP contribution in [0.3, 0.4) is 0 Å². The van der Waals surface area contributed by atoms with E-state index in [-0.39, 0.29) is 0 Å². The summed E-state index contributed by atoms with van der Waals surface area (Å²) >= 11 is 7.37. The molecular weight excluding hydrogens is 358 g/mol. The van der Waals surface area contributed by atoms with Gasteiger partial charge in [-0.3, -0.25) is 4.98 Å². The van der Waals surface area contributed by atoms with Gasteiger partial charge in [0.15, 0.2) is 11.0 Å². The lowest BCUT2D eigenvalue weighted by atomic mass is 10.1. The molecule has 0 atom stereocenters. The minimum atomic E-state index is 0.465. The molecule has 2 heterocycles. The van der Waals surface area contributed by atoms with Gasteiger partial charge in [0.25, 0.3) is 0 Å². The van der Waals surface area contributed by atoms with Crippen molar-refractivity contribution in [2.45, 2.75) is 18.6 Å². The van der Waals surface area contributed by atoms with Gasteiger partial charge in [-0.25, -0.2) is 0 Å². The van der Waals surface area contributed by atoms with Crippen molar-refractivity contribution < 1.29 is 5.21 Å². The average Bonchev–Trinajstić information content (AvgIpc) is 3.07. The van der Waals surface area contributed by atoms with E-state index in [0.717, 1.165) is 28.7 Å². The first-order chi connectivity index (χ1) is 12.2. The molecule has 0 fully saturated rings. The van der Waals surface area contributed by atoms with Crippen molar-refractivity contribution in [1.82, 2.24) is 19.7 Å². The van der Waals surface area contributed by atoms with Crippen LogP contribution in [0.25, 0.3) is 11.4 Å². The number of aromatic nitrogens is 4. The largest absolute Gasteiger partial charge is 0.411 e. The zero-order valence-electron chi connectivity index (χ0n) is 13.5. The summed E-state index contributed by atoms with van der Waals surface area (Å²) < 4.78 is 2.02. The number of pyridine rings is 1. The predicted octanol–water partition coefficient (Wildman–Crippen LogP) is 3.98. The molecule has 128 valence electrons. The Balaban J connectivity index is 1.79. The zero-order valence-corrected chi connectivity index (χ0v) is 15.1. The van der Waals surface area contributed by atoms with Crippen LogP contribution in [0.2, 0.25) is 5.02 Å². The SMILES string of the molecule is CCn1c(SC/C(=N/O)c2ccc(Cl)cc2)nnc1-c1ccncc1. The summed E-state index contributed by atoms with van der Waals surface area (Å²) in [6.45, 7) is 2.78. The van der Waals surface area contributed by atoms with Gasteiger partial charge in [-0.1, -0.05) is 40.7 Å². The van der Waals surface area contributed by atoms with Crippen molar-refractivity contribution in [3.05, 3.63) is 59.4 Å². The van der Waals surface area contributed by atoms with E-state index in [2.05, 4.69) is 20.3 Å². The van der Waals surface area contributed by atoms with Gasteiger partial charge in [0.2, 0.25) is 0 Å². The second-order valence-corrected chi connectivity index (χ2v) is 6.51. The molecular formula is C17H16ClN5OS. The number of hydrogen-bond donors (Lipinski definition) is 1. The Kier molecular flexibility index (Phi) is 5.67. The number of rotatable bonds is 6. The van der Waals surface area contributed by atoms with Crippen LogP contribution in [0.5, 0.6) is 0 Å². The Morgan fingerprint density at radius 3 is 2.52 bits per heavy atom. The summed E-state index contributed by atoms with van der Waals surface area (Å²) in [5.74, 6) is 1.26. The number of hydrogen-bond acceptors (Lipinski definition) is 6. The van der Waals surface area contributed by atoms with Crippen LogP contribution in [0.15, 0.2) is 59.1 Å². The van der Waals surface area contributed by atoms with Gasteiger partial charge in [-0.05, 0) is 31.2 Å². The molecule has 0 aliphatic carbocycles. The van der Waals surface area contributed by atoms with Crippen LogP contribution in [0.4, 0.5) is 0 Å². The number of benzene rings is 1. The average molecular weight is 374 g/mol. The quantitative estimate of drug-likeness (QED) is 0.306. The number of halogens is 1. The maximum absolute atomic E-state index is 9.33. The molecule has 0 aliphatic rings. The third-order valence-electron chi connectivity index (χ3n) is 3.61. The molecule has 0 saturated heterocycles. The van der Waals surface area contributed by atoms with Crippen LogP contribution in [0.1, 0.15) is 12.5 Å². The van der Waals surface area contributed by atoms with Crippen molar-refractivity contribution >= 4 is 29.1 Å². The number of oxime groups is 1. The lowest BCUT2D eigenvalue weighted by molar-refractivity contribution is 0.319. The fourth-order valence-corrected chi connectivity index (χ4v) is 3.43. The molecule has 0 aliphatic heterocycles. The topological polar surface area (TPSA) is 76.2 Å². The molecule has 3 aromatic rings.